The molecule has 0 bridgehead atoms. The van der Waals surface area contributed by atoms with Crippen molar-refractivity contribution in [3.63, 3.8) is 0 Å². The summed E-state index contributed by atoms with van der Waals surface area (Å²) < 4.78 is 70.2. The molecule has 0 spiro atoms. The number of halogens is 6. The number of rotatable bonds is 10. The van der Waals surface area contributed by atoms with Crippen molar-refractivity contribution < 1.29 is 55.1 Å². The summed E-state index contributed by atoms with van der Waals surface area (Å²) in [6.45, 7) is 7.25. The Bertz CT molecular complexity index is 1900. The van der Waals surface area contributed by atoms with Gasteiger partial charge in [-0.05, 0) is 81.8 Å². The number of hydrogen-bond donors (Lipinski definition) is 0. The second-order valence-electron chi connectivity index (χ2n) is 15.4. The van der Waals surface area contributed by atoms with Gasteiger partial charge in [0, 0.05) is 18.0 Å². The van der Waals surface area contributed by atoms with Gasteiger partial charge in [-0.3, -0.25) is 0 Å². The van der Waals surface area contributed by atoms with Crippen LogP contribution in [0.5, 0.6) is 11.5 Å². The third kappa shape index (κ3) is 17.2. The van der Waals surface area contributed by atoms with Crippen LogP contribution in [-0.4, -0.2) is 55.4 Å². The summed E-state index contributed by atoms with van der Waals surface area (Å²) in [6.07, 6.45) is 11.0. The first kappa shape index (κ1) is 48.9. The molecule has 0 atom stereocenters. The predicted octanol–water partition coefficient (Wildman–Crippen LogP) is 12.7. The van der Waals surface area contributed by atoms with Crippen molar-refractivity contribution in [2.24, 2.45) is 10.9 Å². The zero-order valence-corrected chi connectivity index (χ0v) is 38.4. The summed E-state index contributed by atoms with van der Waals surface area (Å²) >= 11 is 0. The maximum Gasteiger partial charge on any atom is 2.00 e. The first-order valence-electron chi connectivity index (χ1n) is 20.6. The topological polar surface area (TPSA) is 34.1 Å². The van der Waals surface area contributed by atoms with Crippen LogP contribution in [0.4, 0.5) is 25.2 Å². The predicted molar refractivity (Wildman–Crippen MR) is 241 cm³/mol. The van der Waals surface area contributed by atoms with Crippen LogP contribution in [0.1, 0.15) is 57.4 Å². The molecule has 5 aromatic carbocycles. The van der Waals surface area contributed by atoms with E-state index in [1.165, 1.54) is 79.3 Å². The van der Waals surface area contributed by atoms with Crippen molar-refractivity contribution in [2.75, 3.05) is 32.8 Å². The summed E-state index contributed by atoms with van der Waals surface area (Å²) in [5.41, 5.74) is 0.977. The quantitative estimate of drug-likeness (QED) is 0.0460. The van der Waals surface area contributed by atoms with Gasteiger partial charge in [-0.15, -0.1) is 17.7 Å². The van der Waals surface area contributed by atoms with E-state index in [1.807, 2.05) is 18.3 Å². The maximum absolute atomic E-state index is 10.7. The van der Waals surface area contributed by atoms with Gasteiger partial charge in [0.25, 0.3) is 0 Å². The summed E-state index contributed by atoms with van der Waals surface area (Å²) in [5, 5.41) is 6.49. The average molecular weight is 991 g/mol. The minimum atomic E-state index is -10.7. The first-order chi connectivity index (χ1) is 28.7. The third-order valence-electron chi connectivity index (χ3n) is 10.5. The molecule has 0 N–H and O–H groups in total. The van der Waals surface area contributed by atoms with E-state index in [0.717, 1.165) is 29.5 Å². The molecule has 1 aliphatic carbocycles. The van der Waals surface area contributed by atoms with Crippen LogP contribution in [0, 0.1) is 12.0 Å². The van der Waals surface area contributed by atoms with Gasteiger partial charge < -0.3 is 19.4 Å². The van der Waals surface area contributed by atoms with Crippen molar-refractivity contribution in [3.8, 4) is 11.5 Å². The molecule has 4 nitrogen and oxygen atoms in total. The largest absolute Gasteiger partial charge is 2.00 e. The Labute approximate surface area is 373 Å². The van der Waals surface area contributed by atoms with Gasteiger partial charge in [0.2, 0.25) is 0 Å². The van der Waals surface area contributed by atoms with Gasteiger partial charge >= 0.3 is 53.4 Å². The molecule has 3 aliphatic rings. The van der Waals surface area contributed by atoms with Crippen molar-refractivity contribution in [1.82, 2.24) is 4.90 Å². The molecule has 2 aliphatic heterocycles. The molecule has 0 radical (unpaired) electrons. The second kappa shape index (κ2) is 22.0. The number of likely N-dealkylation sites (tertiary alicyclic amines) is 1. The standard InChI is InChI=1S/C32H35NP2.C15H18NO2.F6P.Pd/c1-27-22-24-33(25-23-27)26-32(34(28-14-6-2-7-15-28)29-16-8-3-9-17-29)35(30-18-10-4-11-19-30)31-20-12-5-13-21-31;1-2-4-13(5-3-1)16-11-12-6-7-14-15(10-12)18-9-8-17-14;1-7(2,3,4,5)6;/h2-21,27,32H,22-26H2,1H3;7,10-11,13H,1-5,8-9H2;;/q;2*-1;+2. The zero-order chi connectivity index (χ0) is 42.5. The third-order valence-corrected chi connectivity index (χ3v) is 16.9. The molecular weight excluding hydrogens is 938 g/mol. The Kier molecular flexibility index (Phi) is 17.6. The number of piperidine rings is 1. The summed E-state index contributed by atoms with van der Waals surface area (Å²) in [6, 6.07) is 52.8. The Morgan fingerprint density at radius 1 is 0.656 bits per heavy atom. The van der Waals surface area contributed by atoms with E-state index >= 15 is 0 Å². The molecule has 0 unspecified atom stereocenters. The van der Waals surface area contributed by atoms with Gasteiger partial charge in [-0.1, -0.05) is 160 Å². The number of benzene rings is 5. The molecule has 1 saturated heterocycles. The first-order valence-corrected chi connectivity index (χ1v) is 25.4. The molecular formula is C47H53F6N2O2P3Pd. The van der Waals surface area contributed by atoms with Crippen LogP contribution in [-0.2, 0) is 20.4 Å². The summed E-state index contributed by atoms with van der Waals surface area (Å²) in [5.74, 6) is 2.44. The molecule has 330 valence electrons. The second-order valence-corrected chi connectivity index (χ2v) is 22.5. The van der Waals surface area contributed by atoms with Crippen molar-refractivity contribution >= 4 is 51.1 Å². The Hall–Kier alpha value is -3.14. The molecule has 1 saturated carbocycles. The molecule has 8 rings (SSSR count). The fourth-order valence-electron chi connectivity index (χ4n) is 7.59. The number of nitrogens with zero attached hydrogens (tertiary/aromatic N) is 2. The molecule has 0 amide bonds. The van der Waals surface area contributed by atoms with Crippen LogP contribution >= 0.6 is 23.7 Å². The van der Waals surface area contributed by atoms with E-state index in [9.17, 15) is 25.2 Å². The van der Waals surface area contributed by atoms with Crippen LogP contribution in [0.15, 0.2) is 138 Å². The molecule has 14 heteroatoms. The normalized spacial score (nSPS) is 17.3. The van der Waals surface area contributed by atoms with Crippen molar-refractivity contribution in [2.45, 2.75) is 63.3 Å². The Balaban J connectivity index is 0.000000225. The monoisotopic (exact) mass is 990 g/mol. The summed E-state index contributed by atoms with van der Waals surface area (Å²) in [4.78, 5) is 7.42. The zero-order valence-electron chi connectivity index (χ0n) is 34.1. The number of hydrogen-bond acceptors (Lipinski definition) is 4. The van der Waals surface area contributed by atoms with Gasteiger partial charge in [0.05, 0.1) is 11.5 Å². The van der Waals surface area contributed by atoms with E-state index < -0.39 is 23.7 Å². The SMILES string of the molecule is CC1CCN(CC(P(c2ccccc2)c2ccccc2)P(c2ccccc2)c2ccccc2)CC1.F[P-](F)(F)(F)(F)F.[Pd+2].[c-]1cc2c(cc1C=NC1CCCCC1)OCCO2. The molecule has 61 heavy (non-hydrogen) atoms. The number of ether oxygens (including phenoxy) is 2. The van der Waals surface area contributed by atoms with E-state index in [0.29, 0.717) is 24.7 Å². The average Bonchev–Trinajstić information content (AvgIpc) is 3.25. The van der Waals surface area contributed by atoms with Gasteiger partial charge in [-0.2, -0.15) is 0 Å². The molecule has 5 aromatic rings. The Morgan fingerprint density at radius 2 is 1.07 bits per heavy atom. The van der Waals surface area contributed by atoms with Crippen LogP contribution < -0.4 is 30.7 Å². The number of aliphatic imine (C=N–C) groups is 1. The minimum Gasteiger partial charge on any atom is -0.530 e. The summed E-state index contributed by atoms with van der Waals surface area (Å²) in [7, 11) is -11.8. The van der Waals surface area contributed by atoms with Crippen LogP contribution in [0.2, 0.25) is 0 Å². The molecule has 0 aromatic heterocycles. The Morgan fingerprint density at radius 3 is 1.49 bits per heavy atom. The fraction of sp³-hybridized carbons (Fsp3) is 0.340. The van der Waals surface area contributed by atoms with Crippen LogP contribution in [0.25, 0.3) is 0 Å². The van der Waals surface area contributed by atoms with Crippen molar-refractivity contribution in [3.05, 3.63) is 145 Å². The van der Waals surface area contributed by atoms with Crippen LogP contribution in [0.3, 0.4) is 0 Å². The smallest absolute Gasteiger partial charge is 0.530 e. The molecule has 2 heterocycles. The van der Waals surface area contributed by atoms with Gasteiger partial charge in [-0.25, -0.2) is 0 Å². The van der Waals surface area contributed by atoms with E-state index in [-0.39, 0.29) is 20.4 Å². The fourth-order valence-corrected chi connectivity index (χ4v) is 14.8. The van der Waals surface area contributed by atoms with Gasteiger partial charge in [0.1, 0.15) is 13.2 Å². The maximum atomic E-state index is 9.87. The minimum absolute atomic E-state index is 0. The van der Waals surface area contributed by atoms with Crippen molar-refractivity contribution in [1.29, 1.82) is 0 Å². The molecule has 2 fully saturated rings. The van der Waals surface area contributed by atoms with E-state index in [1.54, 1.807) is 0 Å². The number of fused-ring (bicyclic) bond motifs is 1. The van der Waals surface area contributed by atoms with E-state index in [2.05, 4.69) is 144 Å². The van der Waals surface area contributed by atoms with E-state index in [4.69, 9.17) is 9.47 Å². The van der Waals surface area contributed by atoms with Gasteiger partial charge in [0.15, 0.2) is 0 Å².